The minimum atomic E-state index is -1.70. The smallest absolute Gasteiger partial charge is 0.333 e. The second-order valence-corrected chi connectivity index (χ2v) is 9.94. The van der Waals surface area contributed by atoms with Crippen molar-refractivity contribution in [2.24, 2.45) is 11.8 Å². The first kappa shape index (κ1) is 29.7. The standard InChI is InChI=1S/C30H38F2N2O3/c1-6-10-24(12-9-7-8-11-21(2)3)26(31)19-33-28(35)18-29(36)34(30(33)37)20-27(32)25-15-13-23(14-16-25)17-22(4)5/h6-10,12-16,18,21-22,26-27,36H,1,11,17,19-20H2,2-5H3. The summed E-state index contributed by atoms with van der Waals surface area (Å²) < 4.78 is 31.7. The van der Waals surface area contributed by atoms with Crippen molar-refractivity contribution in [1.82, 2.24) is 9.13 Å². The Morgan fingerprint density at radius 1 is 1.00 bits per heavy atom. The lowest BCUT2D eigenvalue weighted by Gasteiger charge is -2.16. The number of benzene rings is 1. The predicted molar refractivity (Wildman–Crippen MR) is 146 cm³/mol. The van der Waals surface area contributed by atoms with Gasteiger partial charge >= 0.3 is 5.69 Å². The Labute approximate surface area is 217 Å². The molecule has 5 nitrogen and oxygen atoms in total. The summed E-state index contributed by atoms with van der Waals surface area (Å²) in [5.74, 6) is 0.290. The number of allylic oxidation sites excluding steroid dienone is 7. The number of aromatic nitrogens is 2. The minimum absolute atomic E-state index is 0.222. The van der Waals surface area contributed by atoms with Crippen LogP contribution in [0.5, 0.6) is 5.88 Å². The van der Waals surface area contributed by atoms with Crippen LogP contribution in [0, 0.1) is 11.8 Å². The van der Waals surface area contributed by atoms with Crippen LogP contribution in [0.25, 0.3) is 0 Å². The van der Waals surface area contributed by atoms with Gasteiger partial charge in [0, 0.05) is 0 Å². The van der Waals surface area contributed by atoms with Crippen LogP contribution in [0.2, 0.25) is 0 Å². The molecule has 1 aromatic heterocycles. The molecule has 2 atom stereocenters. The van der Waals surface area contributed by atoms with E-state index in [0.29, 0.717) is 22.0 Å². The van der Waals surface area contributed by atoms with E-state index in [-0.39, 0.29) is 5.57 Å². The largest absolute Gasteiger partial charge is 0.494 e. The molecule has 1 N–H and O–H groups in total. The van der Waals surface area contributed by atoms with E-state index in [9.17, 15) is 14.7 Å². The van der Waals surface area contributed by atoms with E-state index in [2.05, 4.69) is 34.3 Å². The Bertz CT molecular complexity index is 1230. The number of hydrogen-bond donors (Lipinski definition) is 1. The Hall–Kier alpha value is -3.48. The molecule has 1 heterocycles. The zero-order valence-corrected chi connectivity index (χ0v) is 22.1. The molecule has 0 saturated carbocycles. The monoisotopic (exact) mass is 512 g/mol. The van der Waals surface area contributed by atoms with Crippen LogP contribution >= 0.6 is 0 Å². The summed E-state index contributed by atoms with van der Waals surface area (Å²) in [6.07, 6.45) is 8.31. The van der Waals surface area contributed by atoms with Crippen LogP contribution in [0.4, 0.5) is 8.78 Å². The summed E-state index contributed by atoms with van der Waals surface area (Å²) in [6.45, 7) is 10.9. The molecule has 0 saturated heterocycles. The van der Waals surface area contributed by atoms with Gasteiger partial charge in [-0.1, -0.05) is 95.0 Å². The highest BCUT2D eigenvalue weighted by Gasteiger charge is 2.20. The van der Waals surface area contributed by atoms with Crippen molar-refractivity contribution in [3.8, 4) is 5.88 Å². The normalized spacial score (nSPS) is 14.2. The predicted octanol–water partition coefficient (Wildman–Crippen LogP) is 6.23. The zero-order valence-electron chi connectivity index (χ0n) is 22.1. The van der Waals surface area contributed by atoms with Crippen molar-refractivity contribution < 1.29 is 13.9 Å². The first-order valence-corrected chi connectivity index (χ1v) is 12.6. The summed E-state index contributed by atoms with van der Waals surface area (Å²) in [7, 11) is 0. The fraction of sp³-hybridized carbons (Fsp3) is 0.400. The van der Waals surface area contributed by atoms with Crippen LogP contribution in [-0.2, 0) is 19.5 Å². The first-order valence-electron chi connectivity index (χ1n) is 12.6. The molecule has 1 aromatic carbocycles. The molecule has 0 aliphatic carbocycles. The molecule has 7 heteroatoms. The molecule has 0 amide bonds. The van der Waals surface area contributed by atoms with E-state index >= 15 is 8.78 Å². The van der Waals surface area contributed by atoms with Crippen LogP contribution in [-0.4, -0.2) is 20.4 Å². The molecule has 2 rings (SSSR count). The SMILES string of the molecule is C=CC=C(C=CC=CCC(C)C)C(F)Cn1c(=O)cc(O)n(CC(F)c2ccc(CC(C)C)cc2)c1=O. The van der Waals surface area contributed by atoms with Gasteiger partial charge in [0.05, 0.1) is 19.2 Å². The van der Waals surface area contributed by atoms with E-state index in [1.807, 2.05) is 18.2 Å². The summed E-state index contributed by atoms with van der Waals surface area (Å²) >= 11 is 0. The highest BCUT2D eigenvalue weighted by Crippen LogP contribution is 2.22. The molecule has 0 radical (unpaired) electrons. The van der Waals surface area contributed by atoms with Gasteiger partial charge in [0.1, 0.15) is 12.3 Å². The number of nitrogens with zero attached hydrogens (tertiary/aromatic N) is 2. The van der Waals surface area contributed by atoms with Gasteiger partial charge in [0.15, 0.2) is 0 Å². The third kappa shape index (κ3) is 9.16. The number of halogens is 2. The summed E-state index contributed by atoms with van der Waals surface area (Å²) in [5, 5.41) is 10.2. The summed E-state index contributed by atoms with van der Waals surface area (Å²) in [6, 6.07) is 7.75. The second kappa shape index (κ2) is 14.3. The number of hydrogen-bond acceptors (Lipinski definition) is 3. The summed E-state index contributed by atoms with van der Waals surface area (Å²) in [4.78, 5) is 25.4. The van der Waals surface area contributed by atoms with E-state index < -0.39 is 42.6 Å². The Morgan fingerprint density at radius 3 is 2.27 bits per heavy atom. The lowest BCUT2D eigenvalue weighted by molar-refractivity contribution is 0.269. The van der Waals surface area contributed by atoms with Crippen LogP contribution in [0.15, 0.2) is 88.5 Å². The van der Waals surface area contributed by atoms with Crippen LogP contribution in [0.3, 0.4) is 0 Å². The molecular formula is C30H38F2N2O3. The maximum absolute atomic E-state index is 15.2. The second-order valence-electron chi connectivity index (χ2n) is 9.94. The number of alkyl halides is 2. The highest BCUT2D eigenvalue weighted by atomic mass is 19.1. The van der Waals surface area contributed by atoms with E-state index in [0.717, 1.165) is 29.0 Å². The van der Waals surface area contributed by atoms with Gasteiger partial charge in [-0.2, -0.15) is 0 Å². The molecule has 0 aliphatic rings. The maximum Gasteiger partial charge on any atom is 0.333 e. The highest BCUT2D eigenvalue weighted by molar-refractivity contribution is 5.29. The fourth-order valence-corrected chi connectivity index (χ4v) is 3.81. The zero-order chi connectivity index (χ0) is 27.5. The Morgan fingerprint density at radius 2 is 1.68 bits per heavy atom. The minimum Gasteiger partial charge on any atom is -0.494 e. The van der Waals surface area contributed by atoms with Crippen molar-refractivity contribution in [1.29, 1.82) is 0 Å². The lowest BCUT2D eigenvalue weighted by Crippen LogP contribution is -2.41. The molecule has 0 fully saturated rings. The average Bonchev–Trinajstić information content (AvgIpc) is 2.83. The quantitative estimate of drug-likeness (QED) is 0.324. The molecule has 0 bridgehead atoms. The van der Waals surface area contributed by atoms with E-state index in [4.69, 9.17) is 0 Å². The Balaban J connectivity index is 2.25. The lowest BCUT2D eigenvalue weighted by atomic mass is 10.0. The van der Waals surface area contributed by atoms with Gasteiger partial charge in [0.25, 0.3) is 5.56 Å². The van der Waals surface area contributed by atoms with Crippen molar-refractivity contribution in [2.75, 3.05) is 0 Å². The molecule has 2 unspecified atom stereocenters. The molecule has 0 spiro atoms. The molecule has 0 aliphatic heterocycles. The van der Waals surface area contributed by atoms with E-state index in [1.54, 1.807) is 30.4 Å². The molecular weight excluding hydrogens is 474 g/mol. The molecule has 37 heavy (non-hydrogen) atoms. The van der Waals surface area contributed by atoms with Gasteiger partial charge in [-0.3, -0.25) is 13.9 Å². The van der Waals surface area contributed by atoms with Gasteiger partial charge in [-0.15, -0.1) is 0 Å². The van der Waals surface area contributed by atoms with Gasteiger partial charge in [0.2, 0.25) is 5.88 Å². The van der Waals surface area contributed by atoms with Crippen molar-refractivity contribution in [2.45, 2.75) is 66.0 Å². The maximum atomic E-state index is 15.2. The molecule has 200 valence electrons. The Kier molecular flexibility index (Phi) is 11.5. The van der Waals surface area contributed by atoms with Gasteiger partial charge in [-0.05, 0) is 41.4 Å². The van der Waals surface area contributed by atoms with Crippen molar-refractivity contribution >= 4 is 0 Å². The molecule has 2 aromatic rings. The van der Waals surface area contributed by atoms with Gasteiger partial charge < -0.3 is 5.11 Å². The van der Waals surface area contributed by atoms with Crippen LogP contribution in [0.1, 0.15) is 51.4 Å². The topological polar surface area (TPSA) is 64.2 Å². The fourth-order valence-electron chi connectivity index (χ4n) is 3.81. The van der Waals surface area contributed by atoms with Crippen molar-refractivity contribution in [3.05, 3.63) is 111 Å². The summed E-state index contributed by atoms with van der Waals surface area (Å²) in [5.41, 5.74) is -0.216. The average molecular weight is 513 g/mol. The first-order chi connectivity index (χ1) is 17.5. The van der Waals surface area contributed by atoms with Crippen LogP contribution < -0.4 is 11.2 Å². The third-order valence-electron chi connectivity index (χ3n) is 5.74. The van der Waals surface area contributed by atoms with Gasteiger partial charge in [-0.25, -0.2) is 13.6 Å². The number of rotatable bonds is 13. The third-order valence-corrected chi connectivity index (χ3v) is 5.74. The van der Waals surface area contributed by atoms with E-state index in [1.165, 1.54) is 12.2 Å². The number of aromatic hydroxyl groups is 1. The van der Waals surface area contributed by atoms with Crippen molar-refractivity contribution in [3.63, 3.8) is 0 Å².